The third-order valence-corrected chi connectivity index (χ3v) is 6.02. The Morgan fingerprint density at radius 1 is 1.11 bits per heavy atom. The average molecular weight is 479 g/mol. The lowest BCUT2D eigenvalue weighted by Gasteiger charge is -2.27. The number of ether oxygens (including phenoxy) is 2. The van der Waals surface area contributed by atoms with Crippen molar-refractivity contribution in [1.29, 1.82) is 0 Å². The molecule has 4 rings (SSSR count). The van der Waals surface area contributed by atoms with Gasteiger partial charge in [0.2, 0.25) is 5.91 Å². The maximum atomic E-state index is 12.5. The summed E-state index contributed by atoms with van der Waals surface area (Å²) in [6.45, 7) is 11.5. The zero-order chi connectivity index (χ0) is 24.8. The highest BCUT2D eigenvalue weighted by molar-refractivity contribution is 5.76. The first-order valence-electron chi connectivity index (χ1n) is 12.1. The standard InChI is InChI=1S/C26H34N6O3/c1-18(2)35-22-7-5-21(6-8-22)16-27-26(33)10-9-23-19(3)30-32(20(23)4)25-15-24(28-17-29-25)31-11-13-34-14-12-31/h5-8,15,17-18H,9-14,16H2,1-4H3,(H,27,33). The number of hydrogen-bond acceptors (Lipinski definition) is 7. The van der Waals surface area contributed by atoms with Crippen LogP contribution in [0.5, 0.6) is 5.75 Å². The van der Waals surface area contributed by atoms with Crippen LogP contribution in [0.4, 0.5) is 5.82 Å². The van der Waals surface area contributed by atoms with Crippen molar-refractivity contribution in [2.24, 2.45) is 0 Å². The quantitative estimate of drug-likeness (QED) is 0.505. The third-order valence-electron chi connectivity index (χ3n) is 6.02. The number of carbonyl (C=O) groups is 1. The maximum Gasteiger partial charge on any atom is 0.220 e. The predicted octanol–water partition coefficient (Wildman–Crippen LogP) is 3.15. The largest absolute Gasteiger partial charge is 0.491 e. The van der Waals surface area contributed by atoms with Crippen LogP contribution in [0.2, 0.25) is 0 Å². The van der Waals surface area contributed by atoms with Crippen LogP contribution in [0.3, 0.4) is 0 Å². The Hall–Kier alpha value is -3.46. The molecule has 3 heterocycles. The summed E-state index contributed by atoms with van der Waals surface area (Å²) in [4.78, 5) is 23.6. The highest BCUT2D eigenvalue weighted by Gasteiger charge is 2.18. The van der Waals surface area contributed by atoms with Gasteiger partial charge in [0.1, 0.15) is 17.9 Å². The van der Waals surface area contributed by atoms with Crippen LogP contribution in [0.25, 0.3) is 5.82 Å². The Morgan fingerprint density at radius 3 is 2.54 bits per heavy atom. The molecular weight excluding hydrogens is 444 g/mol. The molecule has 1 fully saturated rings. The van der Waals surface area contributed by atoms with Crippen LogP contribution in [-0.4, -0.2) is 58.1 Å². The summed E-state index contributed by atoms with van der Waals surface area (Å²) in [6.07, 6.45) is 2.72. The van der Waals surface area contributed by atoms with Gasteiger partial charge in [-0.15, -0.1) is 0 Å². The molecule has 0 saturated carbocycles. The normalized spacial score (nSPS) is 13.8. The molecule has 1 aromatic carbocycles. The monoisotopic (exact) mass is 478 g/mol. The van der Waals surface area contributed by atoms with Gasteiger partial charge in [-0.1, -0.05) is 12.1 Å². The third kappa shape index (κ3) is 6.36. The molecule has 2 aromatic heterocycles. The molecule has 0 spiro atoms. The van der Waals surface area contributed by atoms with Gasteiger partial charge in [0.05, 0.1) is 25.0 Å². The van der Waals surface area contributed by atoms with Gasteiger partial charge in [-0.3, -0.25) is 4.79 Å². The Bertz CT molecular complexity index is 1140. The molecule has 0 bridgehead atoms. The summed E-state index contributed by atoms with van der Waals surface area (Å²) in [6, 6.07) is 9.77. The van der Waals surface area contributed by atoms with Gasteiger partial charge in [0.15, 0.2) is 5.82 Å². The van der Waals surface area contributed by atoms with Crippen molar-refractivity contribution in [2.75, 3.05) is 31.2 Å². The summed E-state index contributed by atoms with van der Waals surface area (Å²) in [5, 5.41) is 7.71. The fraction of sp³-hybridized carbons (Fsp3) is 0.462. The molecular formula is C26H34N6O3. The fourth-order valence-electron chi connectivity index (χ4n) is 4.16. The molecule has 186 valence electrons. The smallest absolute Gasteiger partial charge is 0.220 e. The van der Waals surface area contributed by atoms with E-state index in [1.807, 2.05) is 62.7 Å². The van der Waals surface area contributed by atoms with E-state index in [2.05, 4.69) is 20.2 Å². The molecule has 9 nitrogen and oxygen atoms in total. The molecule has 35 heavy (non-hydrogen) atoms. The van der Waals surface area contributed by atoms with Crippen molar-refractivity contribution in [3.05, 3.63) is 59.2 Å². The number of nitrogens with one attached hydrogen (secondary N) is 1. The van der Waals surface area contributed by atoms with E-state index < -0.39 is 0 Å². The molecule has 3 aromatic rings. The molecule has 0 unspecified atom stereocenters. The van der Waals surface area contributed by atoms with Crippen molar-refractivity contribution in [3.63, 3.8) is 0 Å². The molecule has 1 aliphatic rings. The van der Waals surface area contributed by atoms with Gasteiger partial charge in [-0.05, 0) is 57.4 Å². The van der Waals surface area contributed by atoms with Crippen molar-refractivity contribution in [1.82, 2.24) is 25.1 Å². The van der Waals surface area contributed by atoms with Crippen LogP contribution < -0.4 is 15.0 Å². The summed E-state index contributed by atoms with van der Waals surface area (Å²) >= 11 is 0. The molecule has 9 heteroatoms. The summed E-state index contributed by atoms with van der Waals surface area (Å²) in [5.74, 6) is 2.44. The first-order chi connectivity index (χ1) is 16.9. The van der Waals surface area contributed by atoms with E-state index >= 15 is 0 Å². The van der Waals surface area contributed by atoms with Gasteiger partial charge in [0, 0.05) is 37.8 Å². The van der Waals surface area contributed by atoms with Crippen LogP contribution in [0.15, 0.2) is 36.7 Å². The molecule has 1 saturated heterocycles. The van der Waals surface area contributed by atoms with Crippen LogP contribution in [0.1, 0.15) is 42.8 Å². The van der Waals surface area contributed by atoms with E-state index in [-0.39, 0.29) is 12.0 Å². The minimum atomic E-state index is 0.00990. The summed E-state index contributed by atoms with van der Waals surface area (Å²) in [5.41, 5.74) is 4.00. The van der Waals surface area contributed by atoms with Crippen LogP contribution in [0, 0.1) is 13.8 Å². The molecule has 1 aliphatic heterocycles. The Balaban J connectivity index is 1.35. The second-order valence-electron chi connectivity index (χ2n) is 8.98. The first kappa shape index (κ1) is 24.7. The van der Waals surface area contributed by atoms with Gasteiger partial charge >= 0.3 is 0 Å². The van der Waals surface area contributed by atoms with E-state index in [1.165, 1.54) is 0 Å². The highest BCUT2D eigenvalue weighted by Crippen LogP contribution is 2.21. The van der Waals surface area contributed by atoms with Crippen molar-refractivity contribution in [3.8, 4) is 11.6 Å². The fourth-order valence-corrected chi connectivity index (χ4v) is 4.16. The van der Waals surface area contributed by atoms with Crippen molar-refractivity contribution in [2.45, 2.75) is 53.2 Å². The minimum absolute atomic E-state index is 0.00990. The number of morpholine rings is 1. The second kappa shape index (κ2) is 11.3. The zero-order valence-electron chi connectivity index (χ0n) is 21.0. The molecule has 1 N–H and O–H groups in total. The number of aromatic nitrogens is 4. The number of nitrogens with zero attached hydrogens (tertiary/aromatic N) is 5. The van der Waals surface area contributed by atoms with Gasteiger partial charge in [0.25, 0.3) is 0 Å². The van der Waals surface area contributed by atoms with E-state index in [0.29, 0.717) is 32.6 Å². The molecule has 1 amide bonds. The van der Waals surface area contributed by atoms with Crippen LogP contribution in [-0.2, 0) is 22.5 Å². The Labute approximate surface area is 206 Å². The lowest BCUT2D eigenvalue weighted by Crippen LogP contribution is -2.36. The van der Waals surface area contributed by atoms with Gasteiger partial charge < -0.3 is 19.7 Å². The van der Waals surface area contributed by atoms with Crippen LogP contribution >= 0.6 is 0 Å². The summed E-state index contributed by atoms with van der Waals surface area (Å²) < 4.78 is 12.9. The van der Waals surface area contributed by atoms with Gasteiger partial charge in [-0.2, -0.15) is 5.10 Å². The van der Waals surface area contributed by atoms with E-state index in [9.17, 15) is 4.79 Å². The maximum absolute atomic E-state index is 12.5. The Kier molecular flexibility index (Phi) is 7.97. The number of hydrogen-bond donors (Lipinski definition) is 1. The molecule has 0 radical (unpaired) electrons. The topological polar surface area (TPSA) is 94.4 Å². The number of aryl methyl sites for hydroxylation is 1. The van der Waals surface area contributed by atoms with Crippen molar-refractivity contribution >= 4 is 11.7 Å². The number of amides is 1. The second-order valence-corrected chi connectivity index (χ2v) is 8.98. The van der Waals surface area contributed by atoms with E-state index in [0.717, 1.165) is 53.0 Å². The Morgan fingerprint density at radius 2 is 1.83 bits per heavy atom. The minimum Gasteiger partial charge on any atom is -0.491 e. The average Bonchev–Trinajstić information content (AvgIpc) is 3.15. The number of anilines is 1. The lowest BCUT2D eigenvalue weighted by atomic mass is 10.1. The van der Waals surface area contributed by atoms with Crippen molar-refractivity contribution < 1.29 is 14.3 Å². The number of rotatable bonds is 9. The van der Waals surface area contributed by atoms with E-state index in [1.54, 1.807) is 6.33 Å². The van der Waals surface area contributed by atoms with E-state index in [4.69, 9.17) is 14.6 Å². The summed E-state index contributed by atoms with van der Waals surface area (Å²) in [7, 11) is 0. The number of carbonyl (C=O) groups excluding carboxylic acids is 1. The predicted molar refractivity (Wildman–Crippen MR) is 134 cm³/mol. The lowest BCUT2D eigenvalue weighted by molar-refractivity contribution is -0.121. The SMILES string of the molecule is Cc1nn(-c2cc(N3CCOCC3)ncn2)c(C)c1CCC(=O)NCc1ccc(OC(C)C)cc1. The van der Waals surface area contributed by atoms with Gasteiger partial charge in [-0.25, -0.2) is 14.6 Å². The molecule has 0 atom stereocenters. The highest BCUT2D eigenvalue weighted by atomic mass is 16.5. The number of benzene rings is 1. The molecule has 0 aliphatic carbocycles. The zero-order valence-corrected chi connectivity index (χ0v) is 21.0. The first-order valence-corrected chi connectivity index (χ1v) is 12.1.